The molecule has 0 unspecified atom stereocenters. The molecule has 8 nitrogen and oxygen atoms in total. The molecule has 2 aromatic carbocycles. The number of morpholine rings is 1. The summed E-state index contributed by atoms with van der Waals surface area (Å²) >= 11 is 0. The number of anilines is 2. The SMILES string of the molecule is Cc1cccc(NC2CCN(c3ccc(C(=O)N4CCOCC4)cc3[N+](=O)[O-])CC2)c1. The highest BCUT2D eigenvalue weighted by Gasteiger charge is 2.27. The van der Waals surface area contributed by atoms with E-state index in [1.165, 1.54) is 11.6 Å². The molecule has 0 aromatic heterocycles. The molecule has 2 fully saturated rings. The minimum absolute atomic E-state index is 0.01000. The molecule has 31 heavy (non-hydrogen) atoms. The minimum Gasteiger partial charge on any atom is -0.382 e. The molecule has 2 aromatic rings. The first-order valence-corrected chi connectivity index (χ1v) is 10.7. The van der Waals surface area contributed by atoms with Crippen LogP contribution in [0.15, 0.2) is 42.5 Å². The number of nitrogens with one attached hydrogen (secondary N) is 1. The molecular formula is C23H28N4O4. The maximum Gasteiger partial charge on any atom is 0.293 e. The number of nitro benzene ring substituents is 1. The van der Waals surface area contributed by atoms with Crippen molar-refractivity contribution in [3.63, 3.8) is 0 Å². The van der Waals surface area contributed by atoms with Crippen LogP contribution in [-0.2, 0) is 4.74 Å². The zero-order chi connectivity index (χ0) is 21.8. The molecule has 0 radical (unpaired) electrons. The molecule has 0 spiro atoms. The smallest absolute Gasteiger partial charge is 0.293 e. The number of piperidine rings is 1. The second-order valence-electron chi connectivity index (χ2n) is 8.14. The van der Waals surface area contributed by atoms with Gasteiger partial charge in [0.25, 0.3) is 11.6 Å². The normalized spacial score (nSPS) is 17.5. The summed E-state index contributed by atoms with van der Waals surface area (Å²) in [5.41, 5.74) is 3.25. The highest BCUT2D eigenvalue weighted by Crippen LogP contribution is 2.32. The zero-order valence-electron chi connectivity index (χ0n) is 17.8. The second-order valence-corrected chi connectivity index (χ2v) is 8.14. The molecule has 2 aliphatic heterocycles. The van der Waals surface area contributed by atoms with E-state index in [1.807, 2.05) is 6.07 Å². The van der Waals surface area contributed by atoms with Gasteiger partial charge in [-0.2, -0.15) is 0 Å². The van der Waals surface area contributed by atoms with Gasteiger partial charge in [0.15, 0.2) is 0 Å². The Bertz CT molecular complexity index is 950. The van der Waals surface area contributed by atoms with Crippen molar-refractivity contribution in [2.24, 2.45) is 0 Å². The summed E-state index contributed by atoms with van der Waals surface area (Å²) in [7, 11) is 0. The predicted octanol–water partition coefficient (Wildman–Crippen LogP) is 3.46. The molecule has 0 saturated carbocycles. The molecule has 2 heterocycles. The molecule has 1 amide bonds. The lowest BCUT2D eigenvalue weighted by molar-refractivity contribution is -0.384. The Morgan fingerprint density at radius 2 is 1.84 bits per heavy atom. The van der Waals surface area contributed by atoms with Gasteiger partial charge in [-0.3, -0.25) is 14.9 Å². The maximum absolute atomic E-state index is 12.7. The Morgan fingerprint density at radius 3 is 2.52 bits per heavy atom. The molecule has 164 valence electrons. The van der Waals surface area contributed by atoms with Crippen molar-refractivity contribution in [3.8, 4) is 0 Å². The van der Waals surface area contributed by atoms with Crippen LogP contribution in [0.25, 0.3) is 0 Å². The third kappa shape index (κ3) is 4.96. The summed E-state index contributed by atoms with van der Waals surface area (Å²) in [6, 6.07) is 13.5. The number of carbonyl (C=O) groups is 1. The number of ether oxygens (including phenoxy) is 1. The summed E-state index contributed by atoms with van der Waals surface area (Å²) < 4.78 is 5.28. The number of benzene rings is 2. The van der Waals surface area contributed by atoms with Crippen molar-refractivity contribution < 1.29 is 14.5 Å². The minimum atomic E-state index is -0.386. The van der Waals surface area contributed by atoms with Gasteiger partial charge in [-0.05, 0) is 49.6 Å². The van der Waals surface area contributed by atoms with Crippen molar-refractivity contribution in [1.82, 2.24) is 4.90 Å². The summed E-state index contributed by atoms with van der Waals surface area (Å²) in [4.78, 5) is 27.9. The topological polar surface area (TPSA) is 88.0 Å². The van der Waals surface area contributed by atoms with Gasteiger partial charge in [0.05, 0.1) is 18.1 Å². The quantitative estimate of drug-likeness (QED) is 0.584. The molecule has 0 bridgehead atoms. The van der Waals surface area contributed by atoms with Crippen LogP contribution >= 0.6 is 0 Å². The van der Waals surface area contributed by atoms with Gasteiger partial charge in [-0.1, -0.05) is 12.1 Å². The van der Waals surface area contributed by atoms with Crippen LogP contribution < -0.4 is 10.2 Å². The second kappa shape index (κ2) is 9.34. The van der Waals surface area contributed by atoms with Crippen LogP contribution in [0.3, 0.4) is 0 Å². The van der Waals surface area contributed by atoms with E-state index in [9.17, 15) is 14.9 Å². The monoisotopic (exact) mass is 424 g/mol. The number of hydrogen-bond acceptors (Lipinski definition) is 6. The van der Waals surface area contributed by atoms with Crippen molar-refractivity contribution in [1.29, 1.82) is 0 Å². The first-order chi connectivity index (χ1) is 15.0. The lowest BCUT2D eigenvalue weighted by Gasteiger charge is -2.34. The van der Waals surface area contributed by atoms with E-state index in [2.05, 4.69) is 35.3 Å². The Hall–Kier alpha value is -3.13. The van der Waals surface area contributed by atoms with Gasteiger partial charge >= 0.3 is 0 Å². The number of nitrogens with zero attached hydrogens (tertiary/aromatic N) is 3. The van der Waals surface area contributed by atoms with Crippen molar-refractivity contribution in [2.45, 2.75) is 25.8 Å². The molecular weight excluding hydrogens is 396 g/mol. The van der Waals surface area contributed by atoms with Crippen LogP contribution in [0, 0.1) is 17.0 Å². The Labute approximate surface area is 181 Å². The van der Waals surface area contributed by atoms with Crippen molar-refractivity contribution in [2.75, 3.05) is 49.6 Å². The highest BCUT2D eigenvalue weighted by atomic mass is 16.6. The first kappa shape index (κ1) is 21.1. The van der Waals surface area contributed by atoms with Gasteiger partial charge in [0.2, 0.25) is 0 Å². The number of carbonyl (C=O) groups excluding carboxylic acids is 1. The van der Waals surface area contributed by atoms with E-state index >= 15 is 0 Å². The number of nitro groups is 1. The largest absolute Gasteiger partial charge is 0.382 e. The van der Waals surface area contributed by atoms with E-state index in [1.54, 1.807) is 17.0 Å². The van der Waals surface area contributed by atoms with E-state index in [0.717, 1.165) is 31.6 Å². The fourth-order valence-electron chi connectivity index (χ4n) is 4.25. The van der Waals surface area contributed by atoms with Crippen LogP contribution in [0.2, 0.25) is 0 Å². The number of rotatable bonds is 5. The third-order valence-electron chi connectivity index (χ3n) is 5.94. The lowest BCUT2D eigenvalue weighted by Crippen LogP contribution is -2.41. The summed E-state index contributed by atoms with van der Waals surface area (Å²) in [5.74, 6) is -0.181. The Morgan fingerprint density at radius 1 is 1.10 bits per heavy atom. The van der Waals surface area contributed by atoms with Gasteiger partial charge in [-0.15, -0.1) is 0 Å². The highest BCUT2D eigenvalue weighted by molar-refractivity contribution is 5.96. The summed E-state index contributed by atoms with van der Waals surface area (Å²) in [5, 5.41) is 15.3. The predicted molar refractivity (Wildman–Crippen MR) is 120 cm³/mol. The molecule has 2 aliphatic rings. The van der Waals surface area contributed by atoms with Gasteiger partial charge in [0, 0.05) is 49.5 Å². The van der Waals surface area contributed by atoms with Crippen LogP contribution in [0.4, 0.5) is 17.1 Å². The average molecular weight is 425 g/mol. The third-order valence-corrected chi connectivity index (χ3v) is 5.94. The number of amides is 1. The van der Waals surface area contributed by atoms with Gasteiger partial charge in [-0.25, -0.2) is 0 Å². The van der Waals surface area contributed by atoms with E-state index in [-0.39, 0.29) is 16.5 Å². The van der Waals surface area contributed by atoms with Gasteiger partial charge < -0.3 is 19.9 Å². The molecule has 0 atom stereocenters. The van der Waals surface area contributed by atoms with Crippen LogP contribution in [0.5, 0.6) is 0 Å². The van der Waals surface area contributed by atoms with E-state index < -0.39 is 0 Å². The van der Waals surface area contributed by atoms with E-state index in [0.29, 0.717) is 43.6 Å². The molecule has 4 rings (SSSR count). The first-order valence-electron chi connectivity index (χ1n) is 10.7. The lowest BCUT2D eigenvalue weighted by atomic mass is 10.0. The maximum atomic E-state index is 12.7. The fourth-order valence-corrected chi connectivity index (χ4v) is 4.25. The Kier molecular flexibility index (Phi) is 6.36. The number of hydrogen-bond donors (Lipinski definition) is 1. The van der Waals surface area contributed by atoms with Crippen molar-refractivity contribution >= 4 is 23.0 Å². The van der Waals surface area contributed by atoms with Crippen LogP contribution in [-0.4, -0.2) is 61.2 Å². The Balaban J connectivity index is 1.44. The molecule has 2 saturated heterocycles. The summed E-state index contributed by atoms with van der Waals surface area (Å²) in [6.45, 7) is 5.53. The fraction of sp³-hybridized carbons (Fsp3) is 0.435. The van der Waals surface area contributed by atoms with Gasteiger partial charge in [0.1, 0.15) is 5.69 Å². The average Bonchev–Trinajstić information content (AvgIpc) is 2.79. The standard InChI is InChI=1S/C23H28N4O4/c1-17-3-2-4-20(15-17)24-19-7-9-25(10-8-19)21-6-5-18(16-22(21)27(29)30)23(28)26-11-13-31-14-12-26/h2-6,15-16,19,24H,7-14H2,1H3. The van der Waals surface area contributed by atoms with E-state index in [4.69, 9.17) is 4.74 Å². The summed E-state index contributed by atoms with van der Waals surface area (Å²) in [6.07, 6.45) is 1.78. The zero-order valence-corrected chi connectivity index (χ0v) is 17.8. The molecule has 1 N–H and O–H groups in total. The van der Waals surface area contributed by atoms with Crippen molar-refractivity contribution in [3.05, 3.63) is 63.7 Å². The van der Waals surface area contributed by atoms with Crippen LogP contribution in [0.1, 0.15) is 28.8 Å². The number of aryl methyl sites for hydroxylation is 1. The molecule has 8 heteroatoms. The molecule has 0 aliphatic carbocycles.